The highest BCUT2D eigenvalue weighted by molar-refractivity contribution is 5.97. The average Bonchev–Trinajstić information content (AvgIpc) is 2.88. The minimum Gasteiger partial charge on any atom is -0.391 e. The van der Waals surface area contributed by atoms with Crippen molar-refractivity contribution in [2.24, 2.45) is 0 Å². The van der Waals surface area contributed by atoms with Crippen molar-refractivity contribution in [3.8, 4) is 29.8 Å². The number of aliphatic hydroxyl groups excluding tert-OH is 1. The molecule has 0 saturated carbocycles. The van der Waals surface area contributed by atoms with E-state index in [0.717, 1.165) is 0 Å². The predicted molar refractivity (Wildman–Crippen MR) is 131 cm³/mol. The summed E-state index contributed by atoms with van der Waals surface area (Å²) >= 11 is 0. The van der Waals surface area contributed by atoms with E-state index in [9.17, 15) is 19.5 Å². The van der Waals surface area contributed by atoms with Gasteiger partial charge >= 0.3 is 0 Å². The third kappa shape index (κ3) is 9.30. The van der Waals surface area contributed by atoms with Gasteiger partial charge in [-0.15, -0.1) is 0 Å². The molecule has 0 aliphatic rings. The lowest BCUT2D eigenvalue weighted by Crippen LogP contribution is -2.51. The second kappa shape index (κ2) is 14.6. The fraction of sp³-hybridized carbons (Fsp3) is 0.231. The van der Waals surface area contributed by atoms with Crippen LogP contribution in [0.5, 0.6) is 0 Å². The number of nitrogens with zero attached hydrogens (tertiary/aromatic N) is 1. The third-order valence-electron chi connectivity index (χ3n) is 4.65. The number of amides is 3. The molecule has 0 saturated heterocycles. The molecule has 6 N–H and O–H groups in total. The largest absolute Gasteiger partial charge is 0.391 e. The fourth-order valence-electron chi connectivity index (χ4n) is 2.80. The number of aliphatic hydroxyl groups is 1. The molecule has 0 heterocycles. The van der Waals surface area contributed by atoms with Gasteiger partial charge in [0.2, 0.25) is 5.91 Å². The number of rotatable bonds is 9. The highest BCUT2D eigenvalue weighted by Gasteiger charge is 2.25. The zero-order valence-corrected chi connectivity index (χ0v) is 19.5. The van der Waals surface area contributed by atoms with Crippen LogP contribution in [0, 0.1) is 35.0 Å². The van der Waals surface area contributed by atoms with E-state index in [1.165, 1.54) is 24.5 Å². The van der Waals surface area contributed by atoms with Gasteiger partial charge in [0.1, 0.15) is 6.04 Å². The number of nitriles is 1. The van der Waals surface area contributed by atoms with E-state index in [0.29, 0.717) is 29.8 Å². The molecule has 0 fully saturated rings. The van der Waals surface area contributed by atoms with E-state index < -0.39 is 24.0 Å². The molecule has 0 aliphatic heterocycles. The Labute approximate surface area is 208 Å². The molecule has 0 aromatic heterocycles. The summed E-state index contributed by atoms with van der Waals surface area (Å²) < 4.78 is 0. The summed E-state index contributed by atoms with van der Waals surface area (Å²) in [6, 6.07) is 13.9. The van der Waals surface area contributed by atoms with Crippen molar-refractivity contribution >= 4 is 23.4 Å². The molecule has 2 atom stereocenters. The number of benzene rings is 2. The monoisotopic (exact) mass is 487 g/mol. The highest BCUT2D eigenvalue weighted by atomic mass is 16.5. The molecule has 0 aliphatic carbocycles. The molecule has 10 nitrogen and oxygen atoms in total. The van der Waals surface area contributed by atoms with Crippen LogP contribution in [0.1, 0.15) is 34.8 Å². The Kier molecular flexibility index (Phi) is 11.2. The Morgan fingerprint density at radius 3 is 2.08 bits per heavy atom. The summed E-state index contributed by atoms with van der Waals surface area (Å²) in [5.74, 6) is 9.47. The van der Waals surface area contributed by atoms with Crippen LogP contribution in [0.2, 0.25) is 0 Å². The summed E-state index contributed by atoms with van der Waals surface area (Å²) in [6.07, 6.45) is -0.868. The lowest BCUT2D eigenvalue weighted by atomic mass is 10.1. The van der Waals surface area contributed by atoms with Crippen molar-refractivity contribution in [1.82, 2.24) is 16.1 Å². The number of carbonyl (C=O) groups is 3. The molecular weight excluding hydrogens is 462 g/mol. The van der Waals surface area contributed by atoms with Gasteiger partial charge in [0.15, 0.2) is 0 Å². The first kappa shape index (κ1) is 27.6. The summed E-state index contributed by atoms with van der Waals surface area (Å²) in [6.45, 7) is 1.88. The number of hydrogen-bond donors (Lipinski definition) is 6. The lowest BCUT2D eigenvalue weighted by Gasteiger charge is -2.19. The molecule has 2 aromatic carbocycles. The number of carbonyl (C=O) groups excluding carboxylic acids is 3. The standard InChI is InChI=1S/C26H25N5O5/c1-18(32)24(26(35)31-36)30-25(34)21-11-7-19(8-12-21)5-2-3-6-20-9-13-22(14-10-20)29-23(33)17-28-16-4-15-27/h7-14,18,24,28,32,36H,4,16-17H2,1H3,(H,29,33)(H,30,34)(H,31,35)/t18-,24+/m1/s1. The van der Waals surface area contributed by atoms with Crippen molar-refractivity contribution in [2.75, 3.05) is 18.4 Å². The number of hydrogen-bond acceptors (Lipinski definition) is 7. The highest BCUT2D eigenvalue weighted by Crippen LogP contribution is 2.08. The molecule has 0 spiro atoms. The van der Waals surface area contributed by atoms with Crippen LogP contribution < -0.4 is 21.4 Å². The van der Waals surface area contributed by atoms with Gasteiger partial charge in [0.05, 0.1) is 18.7 Å². The van der Waals surface area contributed by atoms with E-state index in [1.54, 1.807) is 36.4 Å². The molecule has 36 heavy (non-hydrogen) atoms. The first-order chi connectivity index (χ1) is 17.3. The Morgan fingerprint density at radius 2 is 1.56 bits per heavy atom. The molecule has 0 bridgehead atoms. The third-order valence-corrected chi connectivity index (χ3v) is 4.65. The first-order valence-corrected chi connectivity index (χ1v) is 10.9. The van der Waals surface area contributed by atoms with Crippen molar-refractivity contribution in [3.63, 3.8) is 0 Å². The minimum atomic E-state index is -1.31. The quantitative estimate of drug-likeness (QED) is 0.130. The molecular formula is C26H25N5O5. The van der Waals surface area contributed by atoms with Gasteiger partial charge in [-0.2, -0.15) is 5.26 Å². The van der Waals surface area contributed by atoms with Crippen LogP contribution in [-0.2, 0) is 9.59 Å². The minimum absolute atomic E-state index is 0.119. The van der Waals surface area contributed by atoms with Gasteiger partial charge in [-0.05, 0) is 67.3 Å². The van der Waals surface area contributed by atoms with Crippen molar-refractivity contribution in [1.29, 1.82) is 5.26 Å². The van der Waals surface area contributed by atoms with Gasteiger partial charge in [-0.25, -0.2) is 5.48 Å². The Balaban J connectivity index is 1.90. The maximum Gasteiger partial charge on any atom is 0.268 e. The normalized spacial score (nSPS) is 11.3. The summed E-state index contributed by atoms with van der Waals surface area (Å²) in [5.41, 5.74) is 3.59. The Bertz CT molecular complexity index is 1230. The van der Waals surface area contributed by atoms with Crippen LogP contribution >= 0.6 is 0 Å². The maximum atomic E-state index is 12.3. The second-order valence-electron chi connectivity index (χ2n) is 7.46. The zero-order valence-electron chi connectivity index (χ0n) is 19.5. The first-order valence-electron chi connectivity index (χ1n) is 10.9. The summed E-state index contributed by atoms with van der Waals surface area (Å²) in [4.78, 5) is 35.6. The zero-order chi connectivity index (χ0) is 26.3. The van der Waals surface area contributed by atoms with Gasteiger partial charge in [0, 0.05) is 35.3 Å². The smallest absolute Gasteiger partial charge is 0.268 e. The predicted octanol–water partition coefficient (Wildman–Crippen LogP) is 0.516. The molecule has 10 heteroatoms. The Hall–Kier alpha value is -4.66. The van der Waals surface area contributed by atoms with Crippen LogP contribution in [-0.4, -0.2) is 53.3 Å². The Morgan fingerprint density at radius 1 is 0.972 bits per heavy atom. The molecule has 3 amide bonds. The second-order valence-corrected chi connectivity index (χ2v) is 7.46. The maximum absolute atomic E-state index is 12.3. The number of hydroxylamine groups is 1. The van der Waals surface area contributed by atoms with Gasteiger partial charge < -0.3 is 21.1 Å². The van der Waals surface area contributed by atoms with Crippen LogP contribution in [0.15, 0.2) is 48.5 Å². The van der Waals surface area contributed by atoms with E-state index in [2.05, 4.69) is 39.6 Å². The fourth-order valence-corrected chi connectivity index (χ4v) is 2.80. The SMILES string of the molecule is C[C@@H](O)[C@H](NC(=O)c1ccc(C#CC#Cc2ccc(NC(=O)CNCCC#N)cc2)cc1)C(=O)NO. The summed E-state index contributed by atoms with van der Waals surface area (Å²) in [5, 5.41) is 34.7. The van der Waals surface area contributed by atoms with Gasteiger partial charge in [0.25, 0.3) is 11.8 Å². The van der Waals surface area contributed by atoms with E-state index >= 15 is 0 Å². The molecule has 184 valence electrons. The van der Waals surface area contributed by atoms with Crippen molar-refractivity contribution < 1.29 is 24.7 Å². The molecule has 2 aromatic rings. The van der Waals surface area contributed by atoms with Gasteiger partial charge in [-0.1, -0.05) is 11.8 Å². The van der Waals surface area contributed by atoms with Crippen molar-refractivity contribution in [3.05, 3.63) is 65.2 Å². The van der Waals surface area contributed by atoms with E-state index in [4.69, 9.17) is 10.5 Å². The average molecular weight is 488 g/mol. The number of nitrogens with one attached hydrogen (secondary N) is 4. The van der Waals surface area contributed by atoms with E-state index in [-0.39, 0.29) is 18.0 Å². The lowest BCUT2D eigenvalue weighted by molar-refractivity contribution is -0.133. The van der Waals surface area contributed by atoms with Crippen LogP contribution in [0.4, 0.5) is 5.69 Å². The van der Waals surface area contributed by atoms with Gasteiger partial charge in [-0.3, -0.25) is 19.6 Å². The molecule has 2 rings (SSSR count). The van der Waals surface area contributed by atoms with Crippen LogP contribution in [0.3, 0.4) is 0 Å². The summed E-state index contributed by atoms with van der Waals surface area (Å²) in [7, 11) is 0. The molecule has 0 radical (unpaired) electrons. The van der Waals surface area contributed by atoms with Crippen LogP contribution in [0.25, 0.3) is 0 Å². The molecule has 0 unspecified atom stereocenters. The number of anilines is 1. The van der Waals surface area contributed by atoms with Crippen molar-refractivity contribution in [2.45, 2.75) is 25.5 Å². The van der Waals surface area contributed by atoms with E-state index in [1.807, 2.05) is 6.07 Å². The topological polar surface area (TPSA) is 164 Å².